The molecule has 8 nitrogen and oxygen atoms in total. The molecule has 0 atom stereocenters. The summed E-state index contributed by atoms with van der Waals surface area (Å²) in [5, 5.41) is 14.6. The number of aryl methyl sites for hydroxylation is 1. The lowest BCUT2D eigenvalue weighted by atomic mass is 10.2. The van der Waals surface area contributed by atoms with Gasteiger partial charge in [-0.2, -0.15) is 5.10 Å². The third kappa shape index (κ3) is 4.17. The van der Waals surface area contributed by atoms with Gasteiger partial charge >= 0.3 is 5.69 Å². The van der Waals surface area contributed by atoms with Gasteiger partial charge in [0.15, 0.2) is 12.4 Å². The van der Waals surface area contributed by atoms with Crippen molar-refractivity contribution in [1.29, 1.82) is 0 Å². The molecule has 1 heterocycles. The van der Waals surface area contributed by atoms with E-state index in [1.807, 2.05) is 0 Å². The van der Waals surface area contributed by atoms with E-state index in [1.165, 1.54) is 24.6 Å². The van der Waals surface area contributed by atoms with E-state index in [2.05, 4.69) is 10.5 Å². The van der Waals surface area contributed by atoms with Gasteiger partial charge in [-0.25, -0.2) is 5.43 Å². The maximum absolute atomic E-state index is 11.5. The molecule has 8 heteroatoms. The number of hydrazone groups is 1. The van der Waals surface area contributed by atoms with Crippen LogP contribution < -0.4 is 10.2 Å². The first-order valence-electron chi connectivity index (χ1n) is 6.29. The number of nitrogens with zero attached hydrogens (tertiary/aromatic N) is 2. The predicted molar refractivity (Wildman–Crippen MR) is 77.8 cm³/mol. The monoisotopic (exact) mass is 303 g/mol. The minimum Gasteiger partial charge on any atom is -0.477 e. The number of ether oxygens (including phenoxy) is 1. The van der Waals surface area contributed by atoms with Crippen molar-refractivity contribution in [3.8, 4) is 5.75 Å². The van der Waals surface area contributed by atoms with E-state index in [1.54, 1.807) is 25.1 Å². The first-order chi connectivity index (χ1) is 10.6. The molecule has 0 saturated heterocycles. The fourth-order valence-electron chi connectivity index (χ4n) is 1.60. The molecular formula is C14H13N3O5. The van der Waals surface area contributed by atoms with Crippen molar-refractivity contribution in [2.24, 2.45) is 5.10 Å². The van der Waals surface area contributed by atoms with Gasteiger partial charge in [0.05, 0.1) is 17.4 Å². The van der Waals surface area contributed by atoms with E-state index in [0.717, 1.165) is 5.56 Å². The van der Waals surface area contributed by atoms with Crippen molar-refractivity contribution in [1.82, 2.24) is 5.43 Å². The number of rotatable bonds is 6. The molecule has 0 unspecified atom stereocenters. The van der Waals surface area contributed by atoms with Gasteiger partial charge in [0.25, 0.3) is 5.91 Å². The number of nitro benzene ring substituents is 1. The van der Waals surface area contributed by atoms with Gasteiger partial charge in [-0.1, -0.05) is 6.07 Å². The summed E-state index contributed by atoms with van der Waals surface area (Å²) in [6.45, 7) is 1.34. The molecule has 1 N–H and O–H groups in total. The summed E-state index contributed by atoms with van der Waals surface area (Å²) in [5.41, 5.74) is 2.77. The van der Waals surface area contributed by atoms with Crippen LogP contribution in [0.25, 0.3) is 0 Å². The van der Waals surface area contributed by atoms with E-state index < -0.39 is 10.8 Å². The van der Waals surface area contributed by atoms with Crippen LogP contribution in [0.2, 0.25) is 0 Å². The number of benzene rings is 1. The highest BCUT2D eigenvalue weighted by atomic mass is 16.6. The van der Waals surface area contributed by atoms with Crippen LogP contribution in [0.3, 0.4) is 0 Å². The molecule has 0 fully saturated rings. The standard InChI is InChI=1S/C14H13N3O5/c1-10-4-5-13(12(7-10)17(19)20)22-9-14(18)16-15-8-11-3-2-6-21-11/h2-8H,9H2,1H3,(H,16,18)/b15-8+. The molecule has 0 spiro atoms. The highest BCUT2D eigenvalue weighted by molar-refractivity contribution is 5.81. The number of furan rings is 1. The molecule has 0 aliphatic carbocycles. The Balaban J connectivity index is 1.90. The van der Waals surface area contributed by atoms with Crippen molar-refractivity contribution < 1.29 is 18.9 Å². The molecule has 2 rings (SSSR count). The Labute approximate surface area is 125 Å². The normalized spacial score (nSPS) is 10.6. The minimum absolute atomic E-state index is 0.0285. The van der Waals surface area contributed by atoms with Crippen LogP contribution in [0.15, 0.2) is 46.1 Å². The number of hydrogen-bond acceptors (Lipinski definition) is 6. The molecule has 0 bridgehead atoms. The Hall–Kier alpha value is -3.16. The van der Waals surface area contributed by atoms with Gasteiger partial charge in [0, 0.05) is 6.07 Å². The Kier molecular flexibility index (Phi) is 4.86. The Morgan fingerprint density at radius 3 is 3.00 bits per heavy atom. The first kappa shape index (κ1) is 15.2. The zero-order valence-electron chi connectivity index (χ0n) is 11.7. The molecular weight excluding hydrogens is 290 g/mol. The lowest BCUT2D eigenvalue weighted by Gasteiger charge is -2.06. The predicted octanol–water partition coefficient (Wildman–Crippen LogP) is 2.03. The molecule has 1 aromatic carbocycles. The number of carbonyl (C=O) groups is 1. The average Bonchev–Trinajstić information content (AvgIpc) is 2.99. The van der Waals surface area contributed by atoms with Crippen molar-refractivity contribution in [2.45, 2.75) is 6.92 Å². The average molecular weight is 303 g/mol. The van der Waals surface area contributed by atoms with Crippen LogP contribution >= 0.6 is 0 Å². The second-order valence-corrected chi connectivity index (χ2v) is 4.33. The fourth-order valence-corrected chi connectivity index (χ4v) is 1.60. The molecule has 22 heavy (non-hydrogen) atoms. The van der Waals surface area contributed by atoms with E-state index in [9.17, 15) is 14.9 Å². The van der Waals surface area contributed by atoms with Crippen molar-refractivity contribution >= 4 is 17.8 Å². The molecule has 114 valence electrons. The summed E-state index contributed by atoms with van der Waals surface area (Å²) in [6, 6.07) is 7.84. The van der Waals surface area contributed by atoms with Crippen molar-refractivity contribution in [3.05, 3.63) is 58.0 Å². The third-order valence-corrected chi connectivity index (χ3v) is 2.59. The Morgan fingerprint density at radius 1 is 1.50 bits per heavy atom. The van der Waals surface area contributed by atoms with Crippen LogP contribution in [-0.2, 0) is 4.79 Å². The van der Waals surface area contributed by atoms with Crippen LogP contribution in [0, 0.1) is 17.0 Å². The topological polar surface area (TPSA) is 107 Å². The number of amides is 1. The van der Waals surface area contributed by atoms with Gasteiger partial charge in [0.1, 0.15) is 5.76 Å². The minimum atomic E-state index is -0.560. The molecule has 0 aliphatic heterocycles. The van der Waals surface area contributed by atoms with Crippen molar-refractivity contribution in [3.63, 3.8) is 0 Å². The largest absolute Gasteiger partial charge is 0.477 e. The zero-order valence-corrected chi connectivity index (χ0v) is 11.7. The van der Waals surface area contributed by atoms with Gasteiger partial charge in [0.2, 0.25) is 0 Å². The highest BCUT2D eigenvalue weighted by Gasteiger charge is 2.16. The quantitative estimate of drug-likeness (QED) is 0.499. The number of nitro groups is 1. The third-order valence-electron chi connectivity index (χ3n) is 2.59. The SMILES string of the molecule is Cc1ccc(OCC(=O)N/N=C/c2ccco2)c([N+](=O)[O-])c1. The van der Waals surface area contributed by atoms with E-state index in [0.29, 0.717) is 5.76 Å². The van der Waals surface area contributed by atoms with Crippen molar-refractivity contribution in [2.75, 3.05) is 6.61 Å². The number of carbonyl (C=O) groups excluding carboxylic acids is 1. The van der Waals surface area contributed by atoms with Crippen LogP contribution in [-0.4, -0.2) is 23.7 Å². The smallest absolute Gasteiger partial charge is 0.311 e. The maximum Gasteiger partial charge on any atom is 0.311 e. The number of nitrogens with one attached hydrogen (secondary N) is 1. The summed E-state index contributed by atoms with van der Waals surface area (Å²) in [4.78, 5) is 21.9. The lowest BCUT2D eigenvalue weighted by molar-refractivity contribution is -0.385. The molecule has 2 aromatic rings. The van der Waals surface area contributed by atoms with Gasteiger partial charge in [-0.15, -0.1) is 0 Å². The van der Waals surface area contributed by atoms with Crippen LogP contribution in [0.1, 0.15) is 11.3 Å². The van der Waals surface area contributed by atoms with Gasteiger partial charge in [-0.3, -0.25) is 14.9 Å². The van der Waals surface area contributed by atoms with E-state index >= 15 is 0 Å². The summed E-state index contributed by atoms with van der Waals surface area (Å²) in [6.07, 6.45) is 2.80. The summed E-state index contributed by atoms with van der Waals surface area (Å²) >= 11 is 0. The zero-order chi connectivity index (χ0) is 15.9. The molecule has 0 aliphatic rings. The Morgan fingerprint density at radius 2 is 2.32 bits per heavy atom. The Bertz CT molecular complexity index is 695. The van der Waals surface area contributed by atoms with Crippen LogP contribution in [0.5, 0.6) is 5.75 Å². The molecule has 0 saturated carbocycles. The second kappa shape index (κ2) is 7.02. The summed E-state index contributed by atoms with van der Waals surface area (Å²) in [5.74, 6) is -0.0335. The molecule has 0 radical (unpaired) electrons. The lowest BCUT2D eigenvalue weighted by Crippen LogP contribution is -2.24. The first-order valence-corrected chi connectivity index (χ1v) is 6.29. The number of hydrogen-bond donors (Lipinski definition) is 1. The highest BCUT2D eigenvalue weighted by Crippen LogP contribution is 2.27. The second-order valence-electron chi connectivity index (χ2n) is 4.33. The fraction of sp³-hybridized carbons (Fsp3) is 0.143. The van der Waals surface area contributed by atoms with E-state index in [4.69, 9.17) is 9.15 Å². The van der Waals surface area contributed by atoms with E-state index in [-0.39, 0.29) is 18.0 Å². The summed E-state index contributed by atoms with van der Waals surface area (Å²) in [7, 11) is 0. The summed E-state index contributed by atoms with van der Waals surface area (Å²) < 4.78 is 10.1. The molecule has 1 aromatic heterocycles. The van der Waals surface area contributed by atoms with Gasteiger partial charge < -0.3 is 9.15 Å². The van der Waals surface area contributed by atoms with Gasteiger partial charge in [-0.05, 0) is 30.7 Å². The maximum atomic E-state index is 11.5. The molecule has 1 amide bonds. The van der Waals surface area contributed by atoms with Crippen LogP contribution in [0.4, 0.5) is 5.69 Å².